The van der Waals surface area contributed by atoms with Crippen LogP contribution in [-0.2, 0) is 36.8 Å². The SMILES string of the molecule is C#C.CC(C)(C)c1ccc(F)cn1.CC(C)(C)c1cccnc1.CC(C)c1cc(C2CC2)[nH]n1.CC(C)c1ccc(=O)[nH]c1.CC(C)c1ccc(=O)[nH]c1.CC(C)c1ccccn1.CC(C)c1ccn(C(C)C)n1.CC(C)c1ccn(C)n1.CCc1cc(C(C)(C)C)n[nH]1.Cc1cc(C(C)C)n[nH]1.Cc1ccc(C(C)C)cn1.Cc1cccnc1C(C)C.Cc1nc(C(C)C)cn1C.Cc1ncc(C(C)C)[nH]1. The Morgan fingerprint density at radius 1 is 0.437 bits per heavy atom. The first-order chi connectivity index (χ1) is 66.3. The lowest BCUT2D eigenvalue weighted by molar-refractivity contribution is 0.523. The number of rotatable bonds is 14. The molecule has 778 valence electrons. The lowest BCUT2D eigenvalue weighted by Gasteiger charge is -2.17. The van der Waals surface area contributed by atoms with Gasteiger partial charge in [0.05, 0.1) is 40.4 Å². The van der Waals surface area contributed by atoms with Gasteiger partial charge in [-0.1, -0.05) is 258 Å². The molecule has 14 heterocycles. The average Bonchev–Trinajstić information content (AvgIpc) is 1.69. The average molecular weight is 1950 g/mol. The summed E-state index contributed by atoms with van der Waals surface area (Å²) in [5.74, 6) is 8.53. The van der Waals surface area contributed by atoms with Gasteiger partial charge in [0.25, 0.3) is 0 Å². The number of terminal acetylenes is 1. The van der Waals surface area contributed by atoms with E-state index in [0.29, 0.717) is 71.1 Å². The van der Waals surface area contributed by atoms with Crippen molar-refractivity contribution >= 4 is 0 Å². The maximum absolute atomic E-state index is 12.4. The molecule has 0 amide bonds. The molecule has 0 aromatic carbocycles. The predicted molar refractivity (Wildman–Crippen MR) is 595 cm³/mol. The molecule has 0 unspecified atom stereocenters. The van der Waals surface area contributed by atoms with Gasteiger partial charge >= 0.3 is 0 Å². The molecule has 1 fully saturated rings. The summed E-state index contributed by atoms with van der Waals surface area (Å²) in [4.78, 5) is 58.7. The Balaban J connectivity index is 0.000000764. The van der Waals surface area contributed by atoms with Crippen LogP contribution in [0.5, 0.6) is 0 Å². The van der Waals surface area contributed by atoms with Crippen molar-refractivity contribution in [1.29, 1.82) is 0 Å². The van der Waals surface area contributed by atoms with Crippen LogP contribution >= 0.6 is 0 Å². The van der Waals surface area contributed by atoms with Gasteiger partial charge in [-0.2, -0.15) is 25.5 Å². The number of imidazole rings is 2. The molecule has 0 radical (unpaired) electrons. The van der Waals surface area contributed by atoms with Gasteiger partial charge in [-0.05, 0) is 239 Å². The minimum atomic E-state index is -0.280. The van der Waals surface area contributed by atoms with Crippen molar-refractivity contribution in [1.82, 2.24) is 105 Å². The van der Waals surface area contributed by atoms with Crippen LogP contribution < -0.4 is 11.1 Å². The predicted octanol–water partition coefficient (Wildman–Crippen LogP) is 29.7. The summed E-state index contributed by atoms with van der Waals surface area (Å²) in [6, 6.07) is 39.3. The highest BCUT2D eigenvalue weighted by atomic mass is 19.1. The second kappa shape index (κ2) is 65.6. The first-order valence-corrected chi connectivity index (χ1v) is 50.5. The van der Waals surface area contributed by atoms with E-state index in [0.717, 1.165) is 63.8 Å². The summed E-state index contributed by atoms with van der Waals surface area (Å²) >= 11 is 0. The van der Waals surface area contributed by atoms with Crippen molar-refractivity contribution in [2.45, 2.75) is 383 Å². The van der Waals surface area contributed by atoms with Crippen LogP contribution in [0.15, 0.2) is 205 Å². The number of hydrogen-bond acceptors (Lipinski definition) is 14. The fourth-order valence-corrected chi connectivity index (χ4v) is 12.0. The van der Waals surface area contributed by atoms with Crippen LogP contribution in [0.4, 0.5) is 4.39 Å². The number of pyridine rings is 7. The van der Waals surface area contributed by atoms with E-state index in [1.807, 2.05) is 164 Å². The quantitative estimate of drug-likeness (QED) is 0.0552. The lowest BCUT2D eigenvalue weighted by Crippen LogP contribution is -2.12. The van der Waals surface area contributed by atoms with Crippen molar-refractivity contribution in [3.05, 3.63) is 341 Å². The molecule has 142 heavy (non-hydrogen) atoms. The highest BCUT2D eigenvalue weighted by Gasteiger charge is 2.26. The van der Waals surface area contributed by atoms with Crippen molar-refractivity contribution in [3.63, 3.8) is 0 Å². The van der Waals surface area contributed by atoms with Crippen molar-refractivity contribution < 1.29 is 4.39 Å². The molecule has 15 rings (SSSR count). The van der Waals surface area contributed by atoms with Crippen LogP contribution in [0.25, 0.3) is 0 Å². The molecule has 14 aromatic rings. The third-order valence-electron chi connectivity index (χ3n) is 21.9. The maximum atomic E-state index is 12.4. The fraction of sp³-hybridized carbons (Fsp3) is 0.508. The van der Waals surface area contributed by atoms with Gasteiger partial charge in [0, 0.05) is 163 Å². The second-order valence-electron chi connectivity index (χ2n) is 42.3. The summed E-state index contributed by atoms with van der Waals surface area (Å²) < 4.78 is 18.3. The zero-order chi connectivity index (χ0) is 108. The van der Waals surface area contributed by atoms with Gasteiger partial charge in [0.15, 0.2) is 0 Å². The van der Waals surface area contributed by atoms with E-state index >= 15 is 0 Å². The minimum absolute atomic E-state index is 0.00764. The normalized spacial score (nSPS) is 11.3. The third kappa shape index (κ3) is 53.5. The number of nitrogens with one attached hydrogen (secondary N) is 6. The highest BCUT2D eigenvalue weighted by Crippen LogP contribution is 2.39. The molecule has 0 saturated heterocycles. The molecular weight excluding hydrogens is 1760 g/mol. The maximum Gasteiger partial charge on any atom is 0.247 e. The largest absolute Gasteiger partial charge is 0.346 e. The number of aryl methyl sites for hydroxylation is 8. The van der Waals surface area contributed by atoms with Crippen molar-refractivity contribution in [3.8, 4) is 12.8 Å². The second-order valence-corrected chi connectivity index (χ2v) is 42.3. The Morgan fingerprint density at radius 2 is 0.958 bits per heavy atom. The fourth-order valence-electron chi connectivity index (χ4n) is 12.0. The molecule has 0 aliphatic heterocycles. The van der Waals surface area contributed by atoms with Gasteiger partial charge in [-0.3, -0.25) is 59.2 Å². The standard InChI is InChI=1S/C9H12FN.C9H14N2.2C9H16N2.3C9H13N.C8H14N2.2C8H11NO.C8H11N.3C7H12N2.C2H2/c1-9(2,3)8-5-4-7(10)6-11-8;1-6(2)8-5-9(11-10-8)7-3-4-7;1-7(2)9-5-6-11(10-9)8(3)4;1-5-7-6-8(11-10-7)9(2,3)4;1-7(2)9-5-4-8(3)10-6-9;1-9(2,3)8-5-4-6-10-7-8;1-7(2)9-8(3)5-4-6-10-9;1-6(2)8-5-10(4)7(3)9-8;2*1-6(2)7-3-4-8(10)9-5-7;1-7(2)8-5-3-4-6-9-8;1-6(2)7-4-5-9(3)8-7;1-5(2)7-4-8-6(3)9-7;1-5(2)7-4-6(3)8-9-7;1-2/h4-6H,1-3H3;5-7H,3-4H2,1-2H3,(H,10,11);5-8H,1-4H3;6H,5H2,1-4H3,(H,10,11);3*4-7H,1-3H3;5-6H,1-4H3;2*3-6H,1-2H3,(H,9,10);3-7H,1-2H3;4-6H,1-3H3;2*4-5H,1-3H3,(H,8,9);1-2H. The Kier molecular flexibility index (Phi) is 59.0. The van der Waals surface area contributed by atoms with E-state index in [1.165, 1.54) is 92.8 Å². The summed E-state index contributed by atoms with van der Waals surface area (Å²) in [7, 11) is 3.96. The van der Waals surface area contributed by atoms with Crippen molar-refractivity contribution in [2.24, 2.45) is 14.1 Å². The number of halogens is 1. The molecule has 0 spiro atoms. The number of aromatic nitrogens is 21. The van der Waals surface area contributed by atoms with E-state index in [1.54, 1.807) is 36.8 Å². The third-order valence-corrected chi connectivity index (χ3v) is 21.9. The van der Waals surface area contributed by atoms with Gasteiger partial charge in [0.2, 0.25) is 11.1 Å². The first-order valence-electron chi connectivity index (χ1n) is 50.5. The number of nitrogens with zero attached hydrogens (tertiary/aromatic N) is 15. The van der Waals surface area contributed by atoms with Crippen LogP contribution in [0, 0.1) is 53.3 Å². The first kappa shape index (κ1) is 128. The van der Waals surface area contributed by atoms with Gasteiger partial charge in [0.1, 0.15) is 17.5 Å². The zero-order valence-electron chi connectivity index (χ0n) is 94.7. The van der Waals surface area contributed by atoms with E-state index in [-0.39, 0.29) is 33.2 Å². The molecule has 24 heteroatoms. The highest BCUT2D eigenvalue weighted by molar-refractivity contribution is 5.24. The van der Waals surface area contributed by atoms with Gasteiger partial charge in [-0.25, -0.2) is 14.4 Å². The number of H-pyrrole nitrogens is 6. The monoisotopic (exact) mass is 1940 g/mol. The van der Waals surface area contributed by atoms with E-state index < -0.39 is 0 Å². The molecule has 1 aliphatic carbocycles. The zero-order valence-corrected chi connectivity index (χ0v) is 94.7. The molecule has 1 saturated carbocycles. The van der Waals surface area contributed by atoms with Crippen LogP contribution in [0.2, 0.25) is 0 Å². The lowest BCUT2D eigenvalue weighted by atomic mass is 9.88. The van der Waals surface area contributed by atoms with Crippen LogP contribution in [0.3, 0.4) is 0 Å². The Morgan fingerprint density at radius 3 is 1.25 bits per heavy atom. The minimum Gasteiger partial charge on any atom is -0.346 e. The smallest absolute Gasteiger partial charge is 0.247 e. The van der Waals surface area contributed by atoms with Crippen LogP contribution in [-0.4, -0.2) is 105 Å². The van der Waals surface area contributed by atoms with Gasteiger partial charge < -0.3 is 19.5 Å². The van der Waals surface area contributed by atoms with Crippen LogP contribution in [0.1, 0.15) is 444 Å². The van der Waals surface area contributed by atoms with Gasteiger partial charge in [-0.15, -0.1) is 12.8 Å². The van der Waals surface area contributed by atoms with Crippen molar-refractivity contribution in [2.75, 3.05) is 0 Å². The molecular formula is C118H182FN21O2. The molecule has 14 aromatic heterocycles. The van der Waals surface area contributed by atoms with E-state index in [9.17, 15) is 14.0 Å². The van der Waals surface area contributed by atoms with E-state index in [4.69, 9.17) is 0 Å². The Labute approximate surface area is 854 Å². The Hall–Kier alpha value is -12.4. The number of hydrogen-bond donors (Lipinski definition) is 6. The molecule has 1 aliphatic rings. The molecule has 0 atom stereocenters. The number of aromatic amines is 6. The molecule has 0 bridgehead atoms. The molecule has 6 N–H and O–H groups in total. The van der Waals surface area contributed by atoms with E-state index in [2.05, 4.69) is 384 Å². The summed E-state index contributed by atoms with van der Waals surface area (Å²) in [5, 5.41) is 30.2. The summed E-state index contributed by atoms with van der Waals surface area (Å²) in [6.45, 7) is 82.8. The molecule has 23 nitrogen and oxygen atoms in total. The Bertz CT molecular complexity index is 5450. The topological polar surface area (TPSA) is 298 Å². The summed E-state index contributed by atoms with van der Waals surface area (Å²) in [6.07, 6.45) is 33.8. The summed E-state index contributed by atoms with van der Waals surface area (Å²) in [5.41, 5.74) is 22.9.